The summed E-state index contributed by atoms with van der Waals surface area (Å²) in [5.74, 6) is 0. The highest BCUT2D eigenvalue weighted by Crippen LogP contribution is 2.03. The molecule has 0 saturated carbocycles. The van der Waals surface area contributed by atoms with Crippen LogP contribution >= 0.6 is 0 Å². The summed E-state index contributed by atoms with van der Waals surface area (Å²) in [6.45, 7) is 2.17. The van der Waals surface area contributed by atoms with E-state index >= 15 is 0 Å². The second-order valence-corrected chi connectivity index (χ2v) is 2.92. The van der Waals surface area contributed by atoms with Crippen LogP contribution in [0.25, 0.3) is 0 Å². The summed E-state index contributed by atoms with van der Waals surface area (Å²) in [5, 5.41) is 0. The Balaban J connectivity index is 2.47. The van der Waals surface area contributed by atoms with Gasteiger partial charge in [0, 0.05) is 6.07 Å². The van der Waals surface area contributed by atoms with E-state index in [0.717, 1.165) is 18.4 Å². The Morgan fingerprint density at radius 2 is 2.25 bits per heavy atom. The maximum absolute atomic E-state index is 10.8. The molecular formula is C10H14O2. The molecule has 0 aliphatic carbocycles. The van der Waals surface area contributed by atoms with E-state index in [0.29, 0.717) is 0 Å². The highest BCUT2D eigenvalue weighted by Gasteiger charge is 1.93. The zero-order chi connectivity index (χ0) is 8.81. The Hall–Kier alpha value is -1.05. The Bertz CT molecular complexity index is 275. The van der Waals surface area contributed by atoms with Crippen LogP contribution in [0.2, 0.25) is 0 Å². The van der Waals surface area contributed by atoms with Gasteiger partial charge < -0.3 is 4.42 Å². The van der Waals surface area contributed by atoms with Gasteiger partial charge in [-0.2, -0.15) is 0 Å². The summed E-state index contributed by atoms with van der Waals surface area (Å²) in [5.41, 5.74) is 0.837. The molecular weight excluding hydrogens is 152 g/mol. The zero-order valence-corrected chi connectivity index (χ0v) is 7.38. The molecule has 1 rings (SSSR count). The van der Waals surface area contributed by atoms with Crippen LogP contribution < -0.4 is 5.63 Å². The molecule has 0 N–H and O–H groups in total. The van der Waals surface area contributed by atoms with Gasteiger partial charge in [-0.15, -0.1) is 0 Å². The molecule has 0 unspecified atom stereocenters. The van der Waals surface area contributed by atoms with E-state index in [9.17, 15) is 4.79 Å². The summed E-state index contributed by atoms with van der Waals surface area (Å²) in [6.07, 6.45) is 6.03. The predicted octanol–water partition coefficient (Wildman–Crippen LogP) is 2.37. The molecule has 2 heteroatoms. The average molecular weight is 166 g/mol. The normalized spacial score (nSPS) is 10.1. The van der Waals surface area contributed by atoms with Gasteiger partial charge in [0.15, 0.2) is 0 Å². The third-order valence-electron chi connectivity index (χ3n) is 1.84. The molecule has 1 aromatic rings. The molecule has 0 bridgehead atoms. The van der Waals surface area contributed by atoms with Crippen molar-refractivity contribution in [3.63, 3.8) is 0 Å². The molecule has 66 valence electrons. The van der Waals surface area contributed by atoms with Crippen molar-refractivity contribution in [2.45, 2.75) is 32.6 Å². The SMILES string of the molecule is CCCCCc1ccoc(=O)c1. The van der Waals surface area contributed by atoms with Gasteiger partial charge in [0.05, 0.1) is 6.26 Å². The molecule has 0 aromatic carbocycles. The van der Waals surface area contributed by atoms with Gasteiger partial charge in [-0.1, -0.05) is 19.8 Å². The predicted molar refractivity (Wildman–Crippen MR) is 48.2 cm³/mol. The minimum absolute atomic E-state index is 0.246. The fraction of sp³-hybridized carbons (Fsp3) is 0.500. The van der Waals surface area contributed by atoms with Crippen LogP contribution in [0, 0.1) is 0 Å². The molecule has 12 heavy (non-hydrogen) atoms. The summed E-state index contributed by atoms with van der Waals surface area (Å²) in [4.78, 5) is 10.8. The fourth-order valence-corrected chi connectivity index (χ4v) is 1.16. The van der Waals surface area contributed by atoms with E-state index in [1.807, 2.05) is 6.07 Å². The van der Waals surface area contributed by atoms with Crippen LogP contribution in [0.1, 0.15) is 31.7 Å². The first-order valence-electron chi connectivity index (χ1n) is 4.40. The maximum Gasteiger partial charge on any atom is 0.335 e. The van der Waals surface area contributed by atoms with Crippen LogP contribution in [0.5, 0.6) is 0 Å². The van der Waals surface area contributed by atoms with E-state index in [4.69, 9.17) is 0 Å². The van der Waals surface area contributed by atoms with Crippen LogP contribution in [-0.2, 0) is 6.42 Å². The van der Waals surface area contributed by atoms with Crippen molar-refractivity contribution in [2.24, 2.45) is 0 Å². The largest absolute Gasteiger partial charge is 0.431 e. The molecule has 1 aromatic heterocycles. The van der Waals surface area contributed by atoms with Crippen molar-refractivity contribution in [3.8, 4) is 0 Å². The molecule has 0 fully saturated rings. The Labute approximate surface area is 72.2 Å². The minimum Gasteiger partial charge on any atom is -0.431 e. The van der Waals surface area contributed by atoms with E-state index in [1.54, 1.807) is 6.07 Å². The van der Waals surface area contributed by atoms with Crippen molar-refractivity contribution in [2.75, 3.05) is 0 Å². The third-order valence-corrected chi connectivity index (χ3v) is 1.84. The first-order chi connectivity index (χ1) is 5.83. The molecule has 0 radical (unpaired) electrons. The Kier molecular flexibility index (Phi) is 3.58. The lowest BCUT2D eigenvalue weighted by atomic mass is 10.1. The van der Waals surface area contributed by atoms with Crippen LogP contribution in [0.15, 0.2) is 27.6 Å². The molecule has 0 saturated heterocycles. The quantitative estimate of drug-likeness (QED) is 0.643. The summed E-state index contributed by atoms with van der Waals surface area (Å²) >= 11 is 0. The number of hydrogen-bond donors (Lipinski definition) is 0. The maximum atomic E-state index is 10.8. The van der Waals surface area contributed by atoms with Crippen molar-refractivity contribution in [3.05, 3.63) is 34.4 Å². The van der Waals surface area contributed by atoms with E-state index in [2.05, 4.69) is 11.3 Å². The van der Waals surface area contributed by atoms with Crippen molar-refractivity contribution >= 4 is 0 Å². The van der Waals surface area contributed by atoms with Crippen molar-refractivity contribution in [1.29, 1.82) is 0 Å². The van der Waals surface area contributed by atoms with Gasteiger partial charge in [-0.05, 0) is 24.5 Å². The smallest absolute Gasteiger partial charge is 0.335 e. The van der Waals surface area contributed by atoms with Crippen molar-refractivity contribution in [1.82, 2.24) is 0 Å². The summed E-state index contributed by atoms with van der Waals surface area (Å²) in [6, 6.07) is 3.42. The Morgan fingerprint density at radius 3 is 2.92 bits per heavy atom. The van der Waals surface area contributed by atoms with Crippen LogP contribution in [0.3, 0.4) is 0 Å². The topological polar surface area (TPSA) is 30.2 Å². The second-order valence-electron chi connectivity index (χ2n) is 2.92. The molecule has 0 spiro atoms. The standard InChI is InChI=1S/C10H14O2/c1-2-3-4-5-9-6-7-12-10(11)8-9/h6-8H,2-5H2,1H3. The Morgan fingerprint density at radius 1 is 1.42 bits per heavy atom. The minimum atomic E-state index is -0.246. The average Bonchev–Trinajstić information content (AvgIpc) is 2.05. The first kappa shape index (κ1) is 9.04. The van der Waals surface area contributed by atoms with Gasteiger partial charge in [0.25, 0.3) is 0 Å². The van der Waals surface area contributed by atoms with Gasteiger partial charge in [-0.25, -0.2) is 4.79 Å². The van der Waals surface area contributed by atoms with Crippen LogP contribution in [-0.4, -0.2) is 0 Å². The van der Waals surface area contributed by atoms with E-state index in [-0.39, 0.29) is 5.63 Å². The number of hydrogen-bond acceptors (Lipinski definition) is 2. The van der Waals surface area contributed by atoms with Gasteiger partial charge in [-0.3, -0.25) is 0 Å². The van der Waals surface area contributed by atoms with Gasteiger partial charge in [0.1, 0.15) is 0 Å². The highest BCUT2D eigenvalue weighted by atomic mass is 16.4. The third kappa shape index (κ3) is 2.91. The lowest BCUT2D eigenvalue weighted by Gasteiger charge is -1.97. The second kappa shape index (κ2) is 4.75. The highest BCUT2D eigenvalue weighted by molar-refractivity contribution is 5.07. The summed E-state index contributed by atoms with van der Waals surface area (Å²) < 4.78 is 4.62. The van der Waals surface area contributed by atoms with Crippen molar-refractivity contribution < 1.29 is 4.42 Å². The number of rotatable bonds is 4. The molecule has 0 aliphatic heterocycles. The molecule has 1 heterocycles. The van der Waals surface area contributed by atoms with Gasteiger partial charge in [0.2, 0.25) is 0 Å². The van der Waals surface area contributed by atoms with E-state index < -0.39 is 0 Å². The van der Waals surface area contributed by atoms with Gasteiger partial charge >= 0.3 is 5.63 Å². The molecule has 0 aliphatic rings. The lowest BCUT2D eigenvalue weighted by Crippen LogP contribution is -1.97. The number of aryl methyl sites for hydroxylation is 1. The molecule has 0 atom stereocenters. The zero-order valence-electron chi connectivity index (χ0n) is 7.38. The first-order valence-corrected chi connectivity index (χ1v) is 4.40. The monoisotopic (exact) mass is 166 g/mol. The van der Waals surface area contributed by atoms with Crippen LogP contribution in [0.4, 0.5) is 0 Å². The fourth-order valence-electron chi connectivity index (χ4n) is 1.16. The number of unbranched alkanes of at least 4 members (excludes halogenated alkanes) is 2. The molecule has 2 nitrogen and oxygen atoms in total. The lowest BCUT2D eigenvalue weighted by molar-refractivity contribution is 0.507. The van der Waals surface area contributed by atoms with E-state index in [1.165, 1.54) is 19.1 Å². The summed E-state index contributed by atoms with van der Waals surface area (Å²) in [7, 11) is 0. The molecule has 0 amide bonds.